The van der Waals surface area contributed by atoms with Crippen LogP contribution in [0.25, 0.3) is 10.9 Å². The summed E-state index contributed by atoms with van der Waals surface area (Å²) in [7, 11) is 1.38. The number of ether oxygens (including phenoxy) is 2. The predicted molar refractivity (Wildman–Crippen MR) is 88.1 cm³/mol. The molecule has 0 aliphatic carbocycles. The van der Waals surface area contributed by atoms with Crippen LogP contribution in [0.4, 0.5) is 0 Å². The second-order valence-electron chi connectivity index (χ2n) is 6.49. The topological polar surface area (TPSA) is 57.5 Å². The molecule has 1 aromatic carbocycles. The Kier molecular flexibility index (Phi) is 5.08. The first-order chi connectivity index (χ1) is 10.8. The molecule has 0 saturated carbocycles. The SMILES string of the molecule is COC(=O)Cc1ccc2c(ccn2CCC(=O)OC(C)(C)C)c1. The van der Waals surface area contributed by atoms with Gasteiger partial charge in [-0.1, -0.05) is 6.07 Å². The Morgan fingerprint density at radius 3 is 2.52 bits per heavy atom. The van der Waals surface area contributed by atoms with E-state index in [1.54, 1.807) is 0 Å². The maximum Gasteiger partial charge on any atom is 0.309 e. The quantitative estimate of drug-likeness (QED) is 0.795. The van der Waals surface area contributed by atoms with Crippen molar-refractivity contribution in [2.75, 3.05) is 7.11 Å². The number of methoxy groups -OCH3 is 1. The normalized spacial score (nSPS) is 11.5. The van der Waals surface area contributed by atoms with Crippen molar-refractivity contribution >= 4 is 22.8 Å². The number of aryl methyl sites for hydroxylation is 1. The smallest absolute Gasteiger partial charge is 0.309 e. The Hall–Kier alpha value is -2.30. The highest BCUT2D eigenvalue weighted by Crippen LogP contribution is 2.19. The van der Waals surface area contributed by atoms with E-state index in [1.165, 1.54) is 7.11 Å². The number of esters is 2. The van der Waals surface area contributed by atoms with E-state index in [4.69, 9.17) is 4.74 Å². The van der Waals surface area contributed by atoms with Gasteiger partial charge in [-0.25, -0.2) is 0 Å². The van der Waals surface area contributed by atoms with Crippen LogP contribution in [0.1, 0.15) is 32.8 Å². The average molecular weight is 317 g/mol. The lowest BCUT2D eigenvalue weighted by molar-refractivity contribution is -0.155. The Labute approximate surface area is 136 Å². The monoisotopic (exact) mass is 317 g/mol. The summed E-state index contributed by atoms with van der Waals surface area (Å²) >= 11 is 0. The molecular weight excluding hydrogens is 294 g/mol. The summed E-state index contributed by atoms with van der Waals surface area (Å²) in [5.41, 5.74) is 1.48. The number of nitrogens with zero attached hydrogens (tertiary/aromatic N) is 1. The molecule has 2 aromatic rings. The van der Waals surface area contributed by atoms with Crippen molar-refractivity contribution < 1.29 is 19.1 Å². The summed E-state index contributed by atoms with van der Waals surface area (Å²) < 4.78 is 12.0. The highest BCUT2D eigenvalue weighted by atomic mass is 16.6. The van der Waals surface area contributed by atoms with Gasteiger partial charge >= 0.3 is 11.9 Å². The van der Waals surface area contributed by atoms with Gasteiger partial charge in [0.1, 0.15) is 5.60 Å². The van der Waals surface area contributed by atoms with Gasteiger partial charge in [0.15, 0.2) is 0 Å². The molecule has 0 saturated heterocycles. The first-order valence-corrected chi connectivity index (χ1v) is 7.65. The number of rotatable bonds is 5. The summed E-state index contributed by atoms with van der Waals surface area (Å²) in [4.78, 5) is 23.1. The van der Waals surface area contributed by atoms with Crippen LogP contribution < -0.4 is 0 Å². The van der Waals surface area contributed by atoms with Crippen molar-refractivity contribution in [2.24, 2.45) is 0 Å². The van der Waals surface area contributed by atoms with Crippen LogP contribution in [0.2, 0.25) is 0 Å². The van der Waals surface area contributed by atoms with Crippen LogP contribution in [0, 0.1) is 0 Å². The lowest BCUT2D eigenvalue weighted by Crippen LogP contribution is -2.24. The van der Waals surface area contributed by atoms with Gasteiger partial charge in [0.2, 0.25) is 0 Å². The predicted octanol–water partition coefficient (Wildman–Crippen LogP) is 3.09. The maximum atomic E-state index is 11.8. The van der Waals surface area contributed by atoms with E-state index < -0.39 is 5.60 Å². The van der Waals surface area contributed by atoms with Crippen molar-refractivity contribution in [2.45, 2.75) is 45.8 Å². The molecule has 124 valence electrons. The molecule has 23 heavy (non-hydrogen) atoms. The highest BCUT2D eigenvalue weighted by molar-refractivity contribution is 5.83. The van der Waals surface area contributed by atoms with Crippen molar-refractivity contribution in [1.29, 1.82) is 0 Å². The molecule has 0 spiro atoms. The van der Waals surface area contributed by atoms with Crippen molar-refractivity contribution in [3.8, 4) is 0 Å². The minimum atomic E-state index is -0.460. The molecule has 0 N–H and O–H groups in total. The molecule has 0 bridgehead atoms. The van der Waals surface area contributed by atoms with Crippen molar-refractivity contribution in [1.82, 2.24) is 4.57 Å². The van der Waals surface area contributed by atoms with Crippen LogP contribution >= 0.6 is 0 Å². The number of fused-ring (bicyclic) bond motifs is 1. The summed E-state index contributed by atoms with van der Waals surface area (Å²) in [6.45, 7) is 6.14. The van der Waals surface area contributed by atoms with Crippen LogP contribution in [-0.2, 0) is 32.0 Å². The van der Waals surface area contributed by atoms with E-state index in [0.717, 1.165) is 16.5 Å². The molecular formula is C18H23NO4. The molecule has 0 radical (unpaired) electrons. The number of carbonyl (C=O) groups excluding carboxylic acids is 2. The number of hydrogen-bond acceptors (Lipinski definition) is 4. The van der Waals surface area contributed by atoms with E-state index in [9.17, 15) is 9.59 Å². The fraction of sp³-hybridized carbons (Fsp3) is 0.444. The zero-order valence-electron chi connectivity index (χ0n) is 14.1. The standard InChI is InChI=1S/C18H23NO4/c1-18(2,3)23-16(20)8-10-19-9-7-14-11-13(5-6-15(14)19)12-17(21)22-4/h5-7,9,11H,8,10,12H2,1-4H3. The Balaban J connectivity index is 2.05. The molecule has 0 aliphatic heterocycles. The number of benzene rings is 1. The first-order valence-electron chi connectivity index (χ1n) is 7.65. The van der Waals surface area contributed by atoms with Gasteiger partial charge in [-0.05, 0) is 49.9 Å². The fourth-order valence-electron chi connectivity index (χ4n) is 2.40. The van der Waals surface area contributed by atoms with E-state index in [-0.39, 0.29) is 18.4 Å². The molecule has 0 fully saturated rings. The summed E-state index contributed by atoms with van der Waals surface area (Å²) in [5, 5.41) is 1.04. The lowest BCUT2D eigenvalue weighted by Gasteiger charge is -2.19. The van der Waals surface area contributed by atoms with E-state index in [1.807, 2.05) is 55.8 Å². The van der Waals surface area contributed by atoms with Crippen LogP contribution in [-0.4, -0.2) is 29.2 Å². The van der Waals surface area contributed by atoms with E-state index in [0.29, 0.717) is 13.0 Å². The van der Waals surface area contributed by atoms with Crippen LogP contribution in [0.3, 0.4) is 0 Å². The lowest BCUT2D eigenvalue weighted by atomic mass is 10.1. The van der Waals surface area contributed by atoms with Gasteiger partial charge < -0.3 is 14.0 Å². The number of carbonyl (C=O) groups is 2. The second-order valence-corrected chi connectivity index (χ2v) is 6.49. The zero-order valence-corrected chi connectivity index (χ0v) is 14.1. The van der Waals surface area contributed by atoms with Gasteiger partial charge in [0.05, 0.1) is 20.0 Å². The molecule has 0 atom stereocenters. The third-order valence-corrected chi connectivity index (χ3v) is 3.39. The Bertz CT molecular complexity index is 709. The molecule has 1 heterocycles. The maximum absolute atomic E-state index is 11.8. The minimum absolute atomic E-state index is 0.207. The molecule has 2 rings (SSSR count). The molecule has 5 heteroatoms. The van der Waals surface area contributed by atoms with E-state index >= 15 is 0 Å². The summed E-state index contributed by atoms with van der Waals surface area (Å²) in [6.07, 6.45) is 2.53. The fourth-order valence-corrected chi connectivity index (χ4v) is 2.40. The minimum Gasteiger partial charge on any atom is -0.469 e. The van der Waals surface area contributed by atoms with Gasteiger partial charge in [0, 0.05) is 18.3 Å². The summed E-state index contributed by atoms with van der Waals surface area (Å²) in [5.74, 6) is -0.463. The number of aromatic nitrogens is 1. The van der Waals surface area contributed by atoms with Gasteiger partial charge in [-0.15, -0.1) is 0 Å². The third-order valence-electron chi connectivity index (χ3n) is 3.39. The Morgan fingerprint density at radius 2 is 1.87 bits per heavy atom. The van der Waals surface area contributed by atoms with Crippen LogP contribution in [0.15, 0.2) is 30.5 Å². The largest absolute Gasteiger partial charge is 0.469 e. The summed E-state index contributed by atoms with van der Waals surface area (Å²) in [6, 6.07) is 7.81. The zero-order chi connectivity index (χ0) is 17.0. The molecule has 0 unspecified atom stereocenters. The van der Waals surface area contributed by atoms with Crippen molar-refractivity contribution in [3.63, 3.8) is 0 Å². The van der Waals surface area contributed by atoms with E-state index in [2.05, 4.69) is 4.74 Å². The third kappa shape index (κ3) is 4.84. The molecule has 1 aromatic heterocycles. The molecule has 0 aliphatic rings. The molecule has 0 amide bonds. The average Bonchev–Trinajstić information content (AvgIpc) is 2.85. The first kappa shape index (κ1) is 17.1. The van der Waals surface area contributed by atoms with Gasteiger partial charge in [0.25, 0.3) is 0 Å². The Morgan fingerprint density at radius 1 is 1.13 bits per heavy atom. The van der Waals surface area contributed by atoms with Gasteiger partial charge in [-0.2, -0.15) is 0 Å². The second kappa shape index (κ2) is 6.86. The highest BCUT2D eigenvalue weighted by Gasteiger charge is 2.16. The van der Waals surface area contributed by atoms with Crippen LogP contribution in [0.5, 0.6) is 0 Å². The van der Waals surface area contributed by atoms with Gasteiger partial charge in [-0.3, -0.25) is 9.59 Å². The molecule has 5 nitrogen and oxygen atoms in total. The van der Waals surface area contributed by atoms with Crippen molar-refractivity contribution in [3.05, 3.63) is 36.0 Å². The number of hydrogen-bond donors (Lipinski definition) is 0.